The summed E-state index contributed by atoms with van der Waals surface area (Å²) in [5.41, 5.74) is 1.21. The molecule has 1 unspecified atom stereocenters. The van der Waals surface area contributed by atoms with Crippen LogP contribution in [0.3, 0.4) is 0 Å². The van der Waals surface area contributed by atoms with Crippen molar-refractivity contribution in [3.63, 3.8) is 0 Å². The van der Waals surface area contributed by atoms with Gasteiger partial charge in [0.05, 0.1) is 18.4 Å². The Bertz CT molecular complexity index is 444. The molecule has 0 aliphatic heterocycles. The number of anilines is 1. The topological polar surface area (TPSA) is 51.2 Å². The number of carbonyl (C=O) groups is 1. The van der Waals surface area contributed by atoms with Gasteiger partial charge in [0.25, 0.3) is 0 Å². The van der Waals surface area contributed by atoms with Crippen molar-refractivity contribution in [2.24, 2.45) is 5.92 Å². The highest BCUT2D eigenvalue weighted by atomic mass is 16.5. The first-order chi connectivity index (χ1) is 9.43. The number of hydrogen-bond acceptors (Lipinski definition) is 4. The zero-order valence-electron chi connectivity index (χ0n) is 13.2. The number of methoxy groups -OCH3 is 1. The van der Waals surface area contributed by atoms with Gasteiger partial charge in [-0.2, -0.15) is 0 Å². The van der Waals surface area contributed by atoms with Gasteiger partial charge in [0, 0.05) is 6.04 Å². The summed E-state index contributed by atoms with van der Waals surface area (Å²) >= 11 is 0. The highest BCUT2D eigenvalue weighted by molar-refractivity contribution is 5.90. The van der Waals surface area contributed by atoms with E-state index in [-0.39, 0.29) is 5.97 Å². The third-order valence-corrected chi connectivity index (χ3v) is 3.30. The molecule has 0 spiro atoms. The Kier molecular flexibility index (Phi) is 6.49. The molecule has 0 aliphatic rings. The molecule has 112 valence electrons. The lowest BCUT2D eigenvalue weighted by atomic mass is 10.0. The Morgan fingerprint density at radius 2 is 2.00 bits per heavy atom. The molecular weight excluding hydrogens is 252 g/mol. The fourth-order valence-electron chi connectivity index (χ4n) is 2.12. The summed E-state index contributed by atoms with van der Waals surface area (Å²) in [6.45, 7) is 8.47. The number of rotatable bonds is 7. The van der Waals surface area contributed by atoms with E-state index in [1.165, 1.54) is 20.0 Å². The van der Waals surface area contributed by atoms with E-state index in [4.69, 9.17) is 4.74 Å². The summed E-state index contributed by atoms with van der Waals surface area (Å²) in [5.74, 6) is 1.22. The Hall–Kier alpha value is -1.58. The van der Waals surface area contributed by atoms with Gasteiger partial charge in [0.2, 0.25) is 0 Å². The maximum atomic E-state index is 11.5. The summed E-state index contributed by atoms with van der Waals surface area (Å²) in [6.07, 6.45) is 3.59. The number of nitrogens with zero attached hydrogens (tertiary/aromatic N) is 1. The second-order valence-electron chi connectivity index (χ2n) is 5.69. The molecule has 1 N–H and O–H groups in total. The SMILES string of the molecule is COC(=O)c1ccc(NC(C)CCCC(C)C)nc1C. The molecule has 0 fully saturated rings. The molecule has 0 aliphatic carbocycles. The number of esters is 1. The first-order valence-electron chi connectivity index (χ1n) is 7.26. The summed E-state index contributed by atoms with van der Waals surface area (Å²) in [6, 6.07) is 3.97. The van der Waals surface area contributed by atoms with Crippen molar-refractivity contribution in [3.8, 4) is 0 Å². The van der Waals surface area contributed by atoms with Gasteiger partial charge in [-0.3, -0.25) is 0 Å². The molecule has 1 rings (SSSR count). The van der Waals surface area contributed by atoms with E-state index in [0.717, 1.165) is 18.2 Å². The van der Waals surface area contributed by atoms with Crippen LogP contribution in [0, 0.1) is 12.8 Å². The van der Waals surface area contributed by atoms with Crippen molar-refractivity contribution in [1.29, 1.82) is 0 Å². The predicted octanol–water partition coefficient (Wildman–Crippen LogP) is 3.80. The summed E-state index contributed by atoms with van der Waals surface area (Å²) in [4.78, 5) is 15.9. The molecule has 0 saturated heterocycles. The zero-order valence-corrected chi connectivity index (χ0v) is 13.2. The Morgan fingerprint density at radius 3 is 2.55 bits per heavy atom. The summed E-state index contributed by atoms with van der Waals surface area (Å²) in [7, 11) is 1.38. The molecular formula is C16H26N2O2. The molecule has 0 aromatic carbocycles. The van der Waals surface area contributed by atoms with Gasteiger partial charge in [-0.1, -0.05) is 26.7 Å². The van der Waals surface area contributed by atoms with E-state index >= 15 is 0 Å². The van der Waals surface area contributed by atoms with Gasteiger partial charge < -0.3 is 10.1 Å². The maximum Gasteiger partial charge on any atom is 0.339 e. The molecule has 4 nitrogen and oxygen atoms in total. The van der Waals surface area contributed by atoms with Crippen molar-refractivity contribution < 1.29 is 9.53 Å². The molecule has 1 aromatic rings. The Labute approximate surface area is 121 Å². The quantitative estimate of drug-likeness (QED) is 0.771. The maximum absolute atomic E-state index is 11.5. The fraction of sp³-hybridized carbons (Fsp3) is 0.625. The second kappa shape index (κ2) is 7.88. The van der Waals surface area contributed by atoms with Crippen LogP contribution >= 0.6 is 0 Å². The van der Waals surface area contributed by atoms with Gasteiger partial charge >= 0.3 is 5.97 Å². The number of carbonyl (C=O) groups excluding carboxylic acids is 1. The molecule has 20 heavy (non-hydrogen) atoms. The molecule has 0 bridgehead atoms. The highest BCUT2D eigenvalue weighted by Crippen LogP contribution is 2.15. The zero-order chi connectivity index (χ0) is 15.1. The summed E-state index contributed by atoms with van der Waals surface area (Å²) < 4.78 is 4.71. The monoisotopic (exact) mass is 278 g/mol. The van der Waals surface area contributed by atoms with E-state index in [0.29, 0.717) is 17.3 Å². The number of pyridine rings is 1. The van der Waals surface area contributed by atoms with Crippen LogP contribution in [0.4, 0.5) is 5.82 Å². The van der Waals surface area contributed by atoms with E-state index in [2.05, 4.69) is 31.1 Å². The van der Waals surface area contributed by atoms with Gasteiger partial charge in [-0.15, -0.1) is 0 Å². The van der Waals surface area contributed by atoms with E-state index < -0.39 is 0 Å². The number of hydrogen-bond donors (Lipinski definition) is 1. The Morgan fingerprint density at radius 1 is 1.30 bits per heavy atom. The minimum atomic E-state index is -0.341. The van der Waals surface area contributed by atoms with Crippen LogP contribution in [0.1, 0.15) is 56.1 Å². The van der Waals surface area contributed by atoms with E-state index in [9.17, 15) is 4.79 Å². The van der Waals surface area contributed by atoms with Crippen molar-refractivity contribution in [2.75, 3.05) is 12.4 Å². The summed E-state index contributed by atoms with van der Waals surface area (Å²) in [5, 5.41) is 3.38. The van der Waals surface area contributed by atoms with Crippen molar-refractivity contribution in [2.45, 2.75) is 53.0 Å². The lowest BCUT2D eigenvalue weighted by Gasteiger charge is -2.16. The molecule has 1 heterocycles. The lowest BCUT2D eigenvalue weighted by Crippen LogP contribution is -2.17. The van der Waals surface area contributed by atoms with Crippen LogP contribution < -0.4 is 5.32 Å². The van der Waals surface area contributed by atoms with Crippen LogP contribution in [-0.4, -0.2) is 24.1 Å². The average molecular weight is 278 g/mol. The second-order valence-corrected chi connectivity index (χ2v) is 5.69. The first-order valence-corrected chi connectivity index (χ1v) is 7.26. The highest BCUT2D eigenvalue weighted by Gasteiger charge is 2.11. The minimum absolute atomic E-state index is 0.341. The average Bonchev–Trinajstić information content (AvgIpc) is 2.37. The van der Waals surface area contributed by atoms with E-state index in [1.54, 1.807) is 6.07 Å². The van der Waals surface area contributed by atoms with Crippen LogP contribution in [0.2, 0.25) is 0 Å². The van der Waals surface area contributed by atoms with Gasteiger partial charge in [-0.05, 0) is 38.3 Å². The predicted molar refractivity (Wildman–Crippen MR) is 82.1 cm³/mol. The number of aryl methyl sites for hydroxylation is 1. The molecule has 0 saturated carbocycles. The lowest BCUT2D eigenvalue weighted by molar-refractivity contribution is 0.0599. The Balaban J connectivity index is 2.56. The van der Waals surface area contributed by atoms with Crippen molar-refractivity contribution in [3.05, 3.63) is 23.4 Å². The smallest absolute Gasteiger partial charge is 0.339 e. The van der Waals surface area contributed by atoms with Crippen LogP contribution in [0.15, 0.2) is 12.1 Å². The molecule has 0 amide bonds. The van der Waals surface area contributed by atoms with Crippen molar-refractivity contribution >= 4 is 11.8 Å². The van der Waals surface area contributed by atoms with Gasteiger partial charge in [-0.25, -0.2) is 9.78 Å². The molecule has 0 radical (unpaired) electrons. The van der Waals surface area contributed by atoms with Crippen LogP contribution in [-0.2, 0) is 4.74 Å². The van der Waals surface area contributed by atoms with Crippen LogP contribution in [0.5, 0.6) is 0 Å². The molecule has 4 heteroatoms. The van der Waals surface area contributed by atoms with Gasteiger partial charge in [0.1, 0.15) is 5.82 Å². The number of nitrogens with one attached hydrogen (secondary N) is 1. The third kappa shape index (κ3) is 5.19. The van der Waals surface area contributed by atoms with Crippen molar-refractivity contribution in [1.82, 2.24) is 4.98 Å². The standard InChI is InChI=1S/C16H26N2O2/c1-11(2)7-6-8-12(3)17-15-10-9-14(13(4)18-15)16(19)20-5/h9-12H,6-8H2,1-5H3,(H,17,18). The largest absolute Gasteiger partial charge is 0.465 e. The minimum Gasteiger partial charge on any atom is -0.465 e. The van der Waals surface area contributed by atoms with E-state index in [1.807, 2.05) is 13.0 Å². The molecule has 1 atom stereocenters. The van der Waals surface area contributed by atoms with Crippen LogP contribution in [0.25, 0.3) is 0 Å². The van der Waals surface area contributed by atoms with Gasteiger partial charge in [0.15, 0.2) is 0 Å². The first kappa shape index (κ1) is 16.5. The number of aromatic nitrogens is 1. The third-order valence-electron chi connectivity index (χ3n) is 3.30. The molecule has 1 aromatic heterocycles. The number of ether oxygens (including phenoxy) is 1. The normalized spacial score (nSPS) is 12.3. The fourth-order valence-corrected chi connectivity index (χ4v) is 2.12.